The molecule has 1 fully saturated rings. The van der Waals surface area contributed by atoms with Gasteiger partial charge in [-0.3, -0.25) is 9.69 Å². The third-order valence-corrected chi connectivity index (χ3v) is 6.96. The second-order valence-corrected chi connectivity index (χ2v) is 11.1. The molecule has 0 radical (unpaired) electrons. The second kappa shape index (κ2) is 9.49. The maximum atomic E-state index is 12.0. The van der Waals surface area contributed by atoms with Crippen LogP contribution in [0.3, 0.4) is 0 Å². The van der Waals surface area contributed by atoms with Crippen molar-refractivity contribution in [2.24, 2.45) is 17.6 Å². The molecule has 10 heteroatoms. The number of aryl methyl sites for hydroxylation is 1. The fourth-order valence-electron chi connectivity index (χ4n) is 3.57. The molecule has 2 N–H and O–H groups in total. The highest BCUT2D eigenvalue weighted by Crippen LogP contribution is 2.20. The Bertz CT molecular complexity index is 842. The highest BCUT2D eigenvalue weighted by Gasteiger charge is 2.33. The van der Waals surface area contributed by atoms with Crippen LogP contribution in [0, 0.1) is 16.6 Å². The van der Waals surface area contributed by atoms with Gasteiger partial charge in [0.15, 0.2) is 14.6 Å². The Kier molecular flexibility index (Phi) is 7.81. The summed E-state index contributed by atoms with van der Waals surface area (Å²) >= 11 is 5.67. The van der Waals surface area contributed by atoms with Crippen LogP contribution in [0.2, 0.25) is 0 Å². The van der Waals surface area contributed by atoms with Crippen LogP contribution in [-0.4, -0.2) is 57.7 Å². The Morgan fingerprint density at radius 2 is 2.00 bits per heavy atom. The Hall–Kier alpha value is -1.26. The van der Waals surface area contributed by atoms with Crippen LogP contribution in [0.5, 0.6) is 0 Å². The smallest absolute Gasteiger partial charge is 0.217 e. The van der Waals surface area contributed by atoms with Crippen molar-refractivity contribution in [2.75, 3.05) is 18.1 Å². The van der Waals surface area contributed by atoms with Gasteiger partial charge in [0.25, 0.3) is 0 Å². The number of carbonyl (C=O) groups is 1. The van der Waals surface area contributed by atoms with Gasteiger partial charge in [0, 0.05) is 32.0 Å². The summed E-state index contributed by atoms with van der Waals surface area (Å²) in [5, 5.41) is 4.67. The van der Waals surface area contributed by atoms with Gasteiger partial charge in [0.1, 0.15) is 5.82 Å². The van der Waals surface area contributed by atoms with Crippen molar-refractivity contribution in [3.63, 3.8) is 0 Å². The summed E-state index contributed by atoms with van der Waals surface area (Å²) in [4.78, 5) is 13.4. The number of amides is 1. The van der Waals surface area contributed by atoms with E-state index in [1.165, 1.54) is 0 Å². The third kappa shape index (κ3) is 6.38. The van der Waals surface area contributed by atoms with E-state index in [-0.39, 0.29) is 29.9 Å². The molecule has 160 valence electrons. The van der Waals surface area contributed by atoms with Crippen LogP contribution in [-0.2, 0) is 34.3 Å². The number of hydrogen-bond donors (Lipinski definition) is 1. The molecule has 1 aliphatic heterocycles. The summed E-state index contributed by atoms with van der Waals surface area (Å²) in [7, 11) is -2.97. The monoisotopic (exact) mass is 431 g/mol. The van der Waals surface area contributed by atoms with Crippen molar-refractivity contribution < 1.29 is 13.2 Å². The molecule has 0 aromatic carbocycles. The van der Waals surface area contributed by atoms with Gasteiger partial charge < -0.3 is 10.3 Å². The number of aromatic nitrogens is 3. The molecule has 1 aliphatic rings. The lowest BCUT2D eigenvalue weighted by molar-refractivity contribution is -0.118. The molecule has 0 saturated carbocycles. The number of hydrogen-bond acceptors (Lipinski definition) is 6. The van der Waals surface area contributed by atoms with Gasteiger partial charge in [0.2, 0.25) is 5.91 Å². The van der Waals surface area contributed by atoms with Crippen LogP contribution < -0.4 is 5.73 Å². The van der Waals surface area contributed by atoms with Gasteiger partial charge >= 0.3 is 0 Å². The van der Waals surface area contributed by atoms with E-state index < -0.39 is 9.84 Å². The first-order chi connectivity index (χ1) is 13.0. The van der Waals surface area contributed by atoms with E-state index in [0.717, 1.165) is 18.9 Å². The highest BCUT2D eigenvalue weighted by atomic mass is 32.2. The molecule has 1 unspecified atom stereocenters. The summed E-state index contributed by atoms with van der Waals surface area (Å²) in [6, 6.07) is -0.0152. The predicted octanol–water partition coefficient (Wildman–Crippen LogP) is 1.59. The van der Waals surface area contributed by atoms with Gasteiger partial charge in [-0.05, 0) is 30.5 Å². The third-order valence-electron chi connectivity index (χ3n) is 4.78. The van der Waals surface area contributed by atoms with Crippen LogP contribution in [0.1, 0.15) is 46.4 Å². The average molecular weight is 432 g/mol. The van der Waals surface area contributed by atoms with E-state index in [1.807, 2.05) is 4.57 Å². The van der Waals surface area contributed by atoms with Crippen LogP contribution in [0.15, 0.2) is 0 Å². The summed E-state index contributed by atoms with van der Waals surface area (Å²) < 4.78 is 28.3. The zero-order valence-corrected chi connectivity index (χ0v) is 18.9. The van der Waals surface area contributed by atoms with Crippen molar-refractivity contribution in [1.82, 2.24) is 19.2 Å². The topological polar surface area (TPSA) is 103 Å². The Morgan fingerprint density at radius 3 is 2.50 bits per heavy atom. The summed E-state index contributed by atoms with van der Waals surface area (Å²) in [5.74, 6) is 1.58. The van der Waals surface area contributed by atoms with E-state index in [9.17, 15) is 13.2 Å². The van der Waals surface area contributed by atoms with Crippen LogP contribution >= 0.6 is 12.2 Å². The maximum absolute atomic E-state index is 12.0. The first kappa shape index (κ1) is 23.0. The summed E-state index contributed by atoms with van der Waals surface area (Å²) in [6.07, 6.45) is 1.31. The minimum absolute atomic E-state index is 0.0152. The molecule has 1 atom stereocenters. The van der Waals surface area contributed by atoms with E-state index in [0.29, 0.717) is 36.1 Å². The second-order valence-electron chi connectivity index (χ2n) is 8.53. The molecule has 1 amide bonds. The van der Waals surface area contributed by atoms with Gasteiger partial charge in [-0.25, -0.2) is 13.1 Å². The summed E-state index contributed by atoms with van der Waals surface area (Å²) in [6.45, 7) is 10.4. The number of sulfone groups is 1. The van der Waals surface area contributed by atoms with Gasteiger partial charge in [-0.2, -0.15) is 5.10 Å². The van der Waals surface area contributed by atoms with Crippen LogP contribution in [0.4, 0.5) is 0 Å². The number of rotatable bonds is 10. The fourth-order valence-corrected chi connectivity index (χ4v) is 5.61. The lowest BCUT2D eigenvalue weighted by atomic mass is 10.1. The Balaban J connectivity index is 2.30. The first-order valence-electron chi connectivity index (χ1n) is 9.87. The number of carbonyl (C=O) groups excluding carboxylic acids is 1. The fraction of sp³-hybridized carbons (Fsp3) is 0.833. The molecule has 0 spiro atoms. The van der Waals surface area contributed by atoms with Crippen molar-refractivity contribution in [3.8, 4) is 0 Å². The largest absolute Gasteiger partial charge is 0.370 e. The van der Waals surface area contributed by atoms with Crippen molar-refractivity contribution in [2.45, 2.75) is 66.2 Å². The molecule has 1 aromatic rings. The molecule has 2 rings (SSSR count). The molecule has 1 aromatic heterocycles. The minimum atomic E-state index is -2.97. The molecular formula is C18H33N5O3S2. The lowest BCUT2D eigenvalue weighted by Crippen LogP contribution is -2.40. The number of nitrogens with two attached hydrogens (primary N) is 1. The van der Waals surface area contributed by atoms with E-state index >= 15 is 0 Å². The zero-order valence-electron chi connectivity index (χ0n) is 17.3. The van der Waals surface area contributed by atoms with Crippen molar-refractivity contribution >= 4 is 28.0 Å². The van der Waals surface area contributed by atoms with Crippen molar-refractivity contribution in [1.29, 1.82) is 0 Å². The molecule has 8 nitrogen and oxygen atoms in total. The molecule has 0 bridgehead atoms. The lowest BCUT2D eigenvalue weighted by Gasteiger charge is -2.29. The maximum Gasteiger partial charge on any atom is 0.217 e. The van der Waals surface area contributed by atoms with Gasteiger partial charge in [-0.1, -0.05) is 27.7 Å². The molecule has 2 heterocycles. The van der Waals surface area contributed by atoms with Gasteiger partial charge in [0.05, 0.1) is 18.2 Å². The van der Waals surface area contributed by atoms with Gasteiger partial charge in [-0.15, -0.1) is 0 Å². The molecule has 1 saturated heterocycles. The van der Waals surface area contributed by atoms with Crippen molar-refractivity contribution in [3.05, 3.63) is 10.6 Å². The average Bonchev–Trinajstić information content (AvgIpc) is 3.05. The SMILES string of the molecule is CC(C)CN(Cn1nc(CCC(N)=O)n(CC(C)C)c1=S)C1CCS(=O)(=O)C1. The molecule has 28 heavy (non-hydrogen) atoms. The Morgan fingerprint density at radius 1 is 1.32 bits per heavy atom. The first-order valence-corrected chi connectivity index (χ1v) is 12.1. The normalized spacial score (nSPS) is 19.2. The standard InChI is InChI=1S/C18H33N5O3S2/c1-13(2)9-21(15-7-8-28(25,26)11-15)12-23-18(27)22(10-14(3)4)17(20-23)6-5-16(19)24/h13-15H,5-12H2,1-4H3,(H2,19,24). The zero-order chi connectivity index (χ0) is 21.1. The molecular weight excluding hydrogens is 398 g/mol. The number of nitrogens with zero attached hydrogens (tertiary/aromatic N) is 4. The predicted molar refractivity (Wildman–Crippen MR) is 112 cm³/mol. The summed E-state index contributed by atoms with van der Waals surface area (Å²) in [5.41, 5.74) is 5.31. The van der Waals surface area contributed by atoms with E-state index in [2.05, 4.69) is 37.7 Å². The van der Waals surface area contributed by atoms with E-state index in [4.69, 9.17) is 18.0 Å². The van der Waals surface area contributed by atoms with E-state index in [1.54, 1.807) is 4.68 Å². The number of primary amides is 1. The Labute approximate surface area is 173 Å². The minimum Gasteiger partial charge on any atom is -0.370 e. The van der Waals surface area contributed by atoms with Crippen LogP contribution in [0.25, 0.3) is 0 Å². The highest BCUT2D eigenvalue weighted by molar-refractivity contribution is 7.91. The quantitative estimate of drug-likeness (QED) is 0.564. The molecule has 0 aliphatic carbocycles.